The lowest BCUT2D eigenvalue weighted by Crippen LogP contribution is -2.49. The number of aliphatic hydroxyl groups is 1. The van der Waals surface area contributed by atoms with E-state index in [9.17, 15) is 14.7 Å². The smallest absolute Gasteiger partial charge is 0.233 e. The lowest BCUT2D eigenvalue weighted by molar-refractivity contribution is -0.140. The molecule has 2 aliphatic rings. The Morgan fingerprint density at radius 2 is 1.92 bits per heavy atom. The van der Waals surface area contributed by atoms with Gasteiger partial charge in [0.15, 0.2) is 0 Å². The van der Waals surface area contributed by atoms with Gasteiger partial charge in [-0.25, -0.2) is 0 Å². The summed E-state index contributed by atoms with van der Waals surface area (Å²) in [5.41, 5.74) is 0.411. The molecule has 2 heterocycles. The van der Waals surface area contributed by atoms with Crippen molar-refractivity contribution in [1.82, 2.24) is 10.2 Å². The Labute approximate surface area is 148 Å². The number of carbonyl (C=O) groups is 2. The summed E-state index contributed by atoms with van der Waals surface area (Å²) >= 11 is 0. The van der Waals surface area contributed by atoms with Gasteiger partial charge in [-0.3, -0.25) is 9.59 Å². The van der Waals surface area contributed by atoms with E-state index in [0.717, 1.165) is 5.56 Å². The Bertz CT molecular complexity index is 613. The van der Waals surface area contributed by atoms with Gasteiger partial charge in [0, 0.05) is 45.7 Å². The molecular formula is C19H26N2O4. The summed E-state index contributed by atoms with van der Waals surface area (Å²) in [6, 6.07) is 9.84. The number of rotatable bonds is 4. The number of hydrogen-bond acceptors (Lipinski definition) is 4. The third kappa shape index (κ3) is 3.55. The van der Waals surface area contributed by atoms with E-state index in [1.54, 1.807) is 11.9 Å². The Kier molecular flexibility index (Phi) is 5.39. The van der Waals surface area contributed by atoms with E-state index in [1.807, 2.05) is 30.3 Å². The molecule has 1 aromatic carbocycles. The number of amides is 2. The van der Waals surface area contributed by atoms with Gasteiger partial charge in [-0.15, -0.1) is 0 Å². The number of likely N-dealkylation sites (tertiary alicyclic amines) is 1. The van der Waals surface area contributed by atoms with Crippen molar-refractivity contribution >= 4 is 11.8 Å². The van der Waals surface area contributed by atoms with Crippen LogP contribution in [0.3, 0.4) is 0 Å². The van der Waals surface area contributed by atoms with Crippen LogP contribution in [0.5, 0.6) is 0 Å². The highest BCUT2D eigenvalue weighted by Gasteiger charge is 2.47. The maximum atomic E-state index is 13.4. The maximum Gasteiger partial charge on any atom is 0.233 e. The number of nitrogens with zero attached hydrogens (tertiary/aromatic N) is 1. The molecule has 2 atom stereocenters. The largest absolute Gasteiger partial charge is 0.391 e. The molecule has 0 saturated carbocycles. The predicted molar refractivity (Wildman–Crippen MR) is 92.9 cm³/mol. The van der Waals surface area contributed by atoms with E-state index >= 15 is 0 Å². The zero-order chi connectivity index (χ0) is 17.9. The van der Waals surface area contributed by atoms with Crippen LogP contribution in [-0.4, -0.2) is 61.3 Å². The first kappa shape index (κ1) is 17.9. The summed E-state index contributed by atoms with van der Waals surface area (Å²) in [5, 5.41) is 12.9. The number of aliphatic hydroxyl groups excluding tert-OH is 1. The second-order valence-corrected chi connectivity index (χ2v) is 6.98. The summed E-state index contributed by atoms with van der Waals surface area (Å²) in [4.78, 5) is 26.8. The number of benzene rings is 1. The van der Waals surface area contributed by atoms with E-state index in [0.29, 0.717) is 32.6 Å². The van der Waals surface area contributed by atoms with Crippen molar-refractivity contribution in [2.24, 2.45) is 5.92 Å². The second-order valence-electron chi connectivity index (χ2n) is 6.98. The Morgan fingerprint density at radius 1 is 1.24 bits per heavy atom. The second kappa shape index (κ2) is 7.54. The van der Waals surface area contributed by atoms with E-state index in [2.05, 4.69) is 5.32 Å². The van der Waals surface area contributed by atoms with E-state index in [1.165, 1.54) is 0 Å². The van der Waals surface area contributed by atoms with Crippen LogP contribution in [0.1, 0.15) is 24.8 Å². The number of β-amino-alcohol motifs (C(OH)–C–C–N with tert-alkyl or cyclic N) is 1. The predicted octanol–water partition coefficient (Wildman–Crippen LogP) is 0.690. The fourth-order valence-electron chi connectivity index (χ4n) is 3.97. The van der Waals surface area contributed by atoms with Gasteiger partial charge in [0.1, 0.15) is 0 Å². The summed E-state index contributed by atoms with van der Waals surface area (Å²) in [6.07, 6.45) is 0.863. The van der Waals surface area contributed by atoms with Crippen LogP contribution in [-0.2, 0) is 19.7 Å². The fourth-order valence-corrected chi connectivity index (χ4v) is 3.97. The molecule has 0 unspecified atom stereocenters. The SMILES string of the molecule is CNC(=O)C[C@@H]1CN(C(=O)C2(c3ccccc3)CCOCC2)C[C@H]1O. The highest BCUT2D eigenvalue weighted by Crippen LogP contribution is 2.38. The monoisotopic (exact) mass is 346 g/mol. The molecule has 0 aromatic heterocycles. The molecule has 6 nitrogen and oxygen atoms in total. The number of nitrogens with one attached hydrogen (secondary N) is 1. The van der Waals surface area contributed by atoms with Crippen LogP contribution in [0, 0.1) is 5.92 Å². The van der Waals surface area contributed by atoms with Gasteiger partial charge in [0.25, 0.3) is 0 Å². The van der Waals surface area contributed by atoms with Crippen LogP contribution in [0.25, 0.3) is 0 Å². The van der Waals surface area contributed by atoms with Gasteiger partial charge >= 0.3 is 0 Å². The van der Waals surface area contributed by atoms with Crippen LogP contribution in [0.4, 0.5) is 0 Å². The van der Waals surface area contributed by atoms with Crippen LogP contribution < -0.4 is 5.32 Å². The molecule has 2 N–H and O–H groups in total. The Hall–Kier alpha value is -1.92. The molecule has 3 rings (SSSR count). The Balaban J connectivity index is 1.81. The van der Waals surface area contributed by atoms with Gasteiger partial charge in [-0.1, -0.05) is 30.3 Å². The van der Waals surface area contributed by atoms with Gasteiger partial charge < -0.3 is 20.1 Å². The molecule has 0 aliphatic carbocycles. The molecule has 2 saturated heterocycles. The molecule has 0 bridgehead atoms. The average molecular weight is 346 g/mol. The maximum absolute atomic E-state index is 13.4. The topological polar surface area (TPSA) is 78.9 Å². The third-order valence-corrected chi connectivity index (χ3v) is 5.50. The molecule has 6 heteroatoms. The fraction of sp³-hybridized carbons (Fsp3) is 0.579. The lowest BCUT2D eigenvalue weighted by Gasteiger charge is -2.39. The van der Waals surface area contributed by atoms with Gasteiger partial charge in [-0.05, 0) is 18.4 Å². The van der Waals surface area contributed by atoms with Crippen molar-refractivity contribution in [2.45, 2.75) is 30.8 Å². The molecule has 0 spiro atoms. The van der Waals surface area contributed by atoms with Gasteiger partial charge in [0.2, 0.25) is 11.8 Å². The third-order valence-electron chi connectivity index (χ3n) is 5.50. The molecule has 0 radical (unpaired) electrons. The van der Waals surface area contributed by atoms with Crippen LogP contribution in [0.2, 0.25) is 0 Å². The number of carbonyl (C=O) groups excluding carboxylic acids is 2. The minimum atomic E-state index is -0.658. The molecule has 136 valence electrons. The molecule has 2 fully saturated rings. The average Bonchev–Trinajstić information content (AvgIpc) is 3.02. The minimum absolute atomic E-state index is 0.0421. The first-order valence-electron chi connectivity index (χ1n) is 8.88. The van der Waals surface area contributed by atoms with E-state index in [4.69, 9.17) is 4.74 Å². The first-order chi connectivity index (χ1) is 12.1. The number of ether oxygens (including phenoxy) is 1. The zero-order valence-electron chi connectivity index (χ0n) is 14.6. The van der Waals surface area contributed by atoms with Crippen LogP contribution >= 0.6 is 0 Å². The van der Waals surface area contributed by atoms with E-state index < -0.39 is 11.5 Å². The normalized spacial score (nSPS) is 25.6. The van der Waals surface area contributed by atoms with Crippen molar-refractivity contribution < 1.29 is 19.4 Å². The zero-order valence-corrected chi connectivity index (χ0v) is 14.6. The van der Waals surface area contributed by atoms with Crippen molar-refractivity contribution in [3.63, 3.8) is 0 Å². The molecule has 2 amide bonds. The first-order valence-corrected chi connectivity index (χ1v) is 8.88. The van der Waals surface area contributed by atoms with Crippen molar-refractivity contribution in [2.75, 3.05) is 33.4 Å². The van der Waals surface area contributed by atoms with Crippen molar-refractivity contribution in [3.05, 3.63) is 35.9 Å². The van der Waals surface area contributed by atoms with Crippen LogP contribution in [0.15, 0.2) is 30.3 Å². The van der Waals surface area contributed by atoms with E-state index in [-0.39, 0.29) is 30.7 Å². The summed E-state index contributed by atoms with van der Waals surface area (Å²) in [7, 11) is 1.58. The van der Waals surface area contributed by atoms with Crippen molar-refractivity contribution in [1.29, 1.82) is 0 Å². The minimum Gasteiger partial charge on any atom is -0.391 e. The van der Waals surface area contributed by atoms with Crippen molar-refractivity contribution in [3.8, 4) is 0 Å². The Morgan fingerprint density at radius 3 is 2.56 bits per heavy atom. The summed E-state index contributed by atoms with van der Waals surface area (Å²) in [5.74, 6) is -0.279. The molecule has 1 aromatic rings. The molecule has 2 aliphatic heterocycles. The van der Waals surface area contributed by atoms with Gasteiger partial charge in [0.05, 0.1) is 11.5 Å². The summed E-state index contributed by atoms with van der Waals surface area (Å²) in [6.45, 7) is 1.82. The standard InChI is InChI=1S/C19H26N2O4/c1-20-17(23)11-14-12-21(13-16(14)22)18(24)19(7-9-25-10-8-19)15-5-3-2-4-6-15/h2-6,14,16,22H,7-13H2,1H3,(H,20,23)/t14-,16-/m1/s1. The highest BCUT2D eigenvalue weighted by atomic mass is 16.5. The van der Waals surface area contributed by atoms with Gasteiger partial charge in [-0.2, -0.15) is 0 Å². The number of hydrogen-bond donors (Lipinski definition) is 2. The quantitative estimate of drug-likeness (QED) is 0.841. The lowest BCUT2D eigenvalue weighted by atomic mass is 9.73. The molecule has 25 heavy (non-hydrogen) atoms. The molecular weight excluding hydrogens is 320 g/mol. The summed E-state index contributed by atoms with van der Waals surface area (Å²) < 4.78 is 5.50. The highest BCUT2D eigenvalue weighted by molar-refractivity contribution is 5.89.